The van der Waals surface area contributed by atoms with Gasteiger partial charge in [-0.1, -0.05) is 47.1 Å². The van der Waals surface area contributed by atoms with Crippen molar-refractivity contribution in [2.45, 2.75) is 11.3 Å². The fraction of sp³-hybridized carbons (Fsp3) is 0.167. The van der Waals surface area contributed by atoms with Crippen LogP contribution in [0.3, 0.4) is 0 Å². The van der Waals surface area contributed by atoms with Gasteiger partial charge >= 0.3 is 0 Å². The van der Waals surface area contributed by atoms with E-state index in [2.05, 4.69) is 14.7 Å². The van der Waals surface area contributed by atoms with E-state index in [0.29, 0.717) is 22.3 Å². The Labute approximate surface area is 164 Å². The van der Waals surface area contributed by atoms with Gasteiger partial charge < -0.3 is 10.1 Å². The quantitative estimate of drug-likeness (QED) is 0.590. The normalized spacial score (nSPS) is 10.6. The molecular weight excluding hydrogens is 390 g/mol. The number of ether oxygens (including phenoxy) is 1. The van der Waals surface area contributed by atoms with E-state index in [1.807, 2.05) is 31.2 Å². The van der Waals surface area contributed by atoms with Gasteiger partial charge in [0.2, 0.25) is 5.91 Å². The molecule has 0 fully saturated rings. The van der Waals surface area contributed by atoms with Crippen LogP contribution in [0.5, 0.6) is 5.75 Å². The lowest BCUT2D eigenvalue weighted by Crippen LogP contribution is -2.14. The Hall–Kier alpha value is -2.09. The second-order valence-corrected chi connectivity index (χ2v) is 7.85. The molecule has 134 valence electrons. The standard InChI is InChI=1S/C18H16ClN3O2S2/c1-11-4-3-5-12(8-11)17-21-18(26-22-17)25-10-16(23)20-14-9-13(19)6-7-15(14)24-2/h3-9H,10H2,1-2H3,(H,20,23). The second-order valence-electron chi connectivity index (χ2n) is 5.43. The molecule has 0 bridgehead atoms. The molecule has 0 saturated carbocycles. The van der Waals surface area contributed by atoms with Gasteiger partial charge in [0.05, 0.1) is 18.6 Å². The smallest absolute Gasteiger partial charge is 0.234 e. The summed E-state index contributed by atoms with van der Waals surface area (Å²) in [5, 5.41) is 3.33. The minimum Gasteiger partial charge on any atom is -0.495 e. The molecule has 2 aromatic carbocycles. The minimum atomic E-state index is -0.164. The molecule has 0 aliphatic rings. The molecule has 3 rings (SSSR count). The van der Waals surface area contributed by atoms with Crippen LogP contribution in [-0.4, -0.2) is 28.1 Å². The summed E-state index contributed by atoms with van der Waals surface area (Å²) in [5.74, 6) is 1.30. The maximum absolute atomic E-state index is 12.2. The Bertz CT molecular complexity index is 930. The highest BCUT2D eigenvalue weighted by atomic mass is 35.5. The van der Waals surface area contributed by atoms with Crippen molar-refractivity contribution >= 4 is 46.5 Å². The summed E-state index contributed by atoms with van der Waals surface area (Å²) in [6, 6.07) is 13.1. The molecule has 0 atom stereocenters. The van der Waals surface area contributed by atoms with Gasteiger partial charge in [-0.15, -0.1) is 0 Å². The molecule has 0 aliphatic carbocycles. The maximum atomic E-state index is 12.2. The van der Waals surface area contributed by atoms with E-state index in [0.717, 1.165) is 15.5 Å². The summed E-state index contributed by atoms with van der Waals surface area (Å²) in [6.07, 6.45) is 0. The number of thioether (sulfide) groups is 1. The second kappa shape index (κ2) is 8.53. The van der Waals surface area contributed by atoms with Gasteiger partial charge in [-0.3, -0.25) is 4.79 Å². The third kappa shape index (κ3) is 4.75. The molecule has 1 aromatic heterocycles. The number of hydrogen-bond acceptors (Lipinski definition) is 6. The minimum absolute atomic E-state index is 0.164. The zero-order valence-electron chi connectivity index (χ0n) is 14.2. The SMILES string of the molecule is COc1ccc(Cl)cc1NC(=O)CSc1nc(-c2cccc(C)c2)ns1. The summed E-state index contributed by atoms with van der Waals surface area (Å²) < 4.78 is 10.3. The zero-order valence-corrected chi connectivity index (χ0v) is 16.5. The van der Waals surface area contributed by atoms with E-state index in [4.69, 9.17) is 16.3 Å². The fourth-order valence-corrected chi connectivity index (χ4v) is 3.85. The van der Waals surface area contributed by atoms with Crippen molar-refractivity contribution in [3.63, 3.8) is 0 Å². The number of carbonyl (C=O) groups is 1. The van der Waals surface area contributed by atoms with Crippen LogP contribution in [0.1, 0.15) is 5.56 Å². The topological polar surface area (TPSA) is 64.1 Å². The number of amides is 1. The van der Waals surface area contributed by atoms with E-state index in [1.165, 1.54) is 23.3 Å². The average molecular weight is 406 g/mol. The van der Waals surface area contributed by atoms with Crippen LogP contribution in [0.2, 0.25) is 5.02 Å². The highest BCUT2D eigenvalue weighted by Crippen LogP contribution is 2.29. The zero-order chi connectivity index (χ0) is 18.5. The molecule has 1 N–H and O–H groups in total. The summed E-state index contributed by atoms with van der Waals surface area (Å²) >= 11 is 8.60. The number of benzene rings is 2. The van der Waals surface area contributed by atoms with E-state index >= 15 is 0 Å². The molecule has 8 heteroatoms. The lowest BCUT2D eigenvalue weighted by molar-refractivity contribution is -0.113. The number of carbonyl (C=O) groups excluding carboxylic acids is 1. The number of rotatable bonds is 6. The Balaban J connectivity index is 1.61. The number of halogens is 1. The van der Waals surface area contributed by atoms with E-state index in [9.17, 15) is 4.79 Å². The third-order valence-electron chi connectivity index (χ3n) is 3.45. The molecule has 0 aliphatic heterocycles. The third-order valence-corrected chi connectivity index (χ3v) is 5.51. The van der Waals surface area contributed by atoms with Gasteiger partial charge in [0, 0.05) is 10.6 Å². The molecule has 0 saturated heterocycles. The predicted octanol–water partition coefficient (Wildman–Crippen LogP) is 4.91. The van der Waals surface area contributed by atoms with Gasteiger partial charge in [0.25, 0.3) is 0 Å². The van der Waals surface area contributed by atoms with Crippen LogP contribution >= 0.6 is 34.9 Å². The lowest BCUT2D eigenvalue weighted by atomic mass is 10.1. The van der Waals surface area contributed by atoms with Crippen molar-refractivity contribution in [3.8, 4) is 17.1 Å². The largest absolute Gasteiger partial charge is 0.495 e. The van der Waals surface area contributed by atoms with Crippen LogP contribution in [0.4, 0.5) is 5.69 Å². The first-order valence-corrected chi connectivity index (χ1v) is 9.86. The molecule has 5 nitrogen and oxygen atoms in total. The van der Waals surface area contributed by atoms with Crippen molar-refractivity contribution in [3.05, 3.63) is 53.1 Å². The fourth-order valence-electron chi connectivity index (χ4n) is 2.26. The van der Waals surface area contributed by atoms with Crippen molar-refractivity contribution in [2.75, 3.05) is 18.2 Å². The first kappa shape index (κ1) is 18.7. The van der Waals surface area contributed by atoms with E-state index < -0.39 is 0 Å². The number of aryl methyl sites for hydroxylation is 1. The molecule has 1 heterocycles. The number of nitrogens with one attached hydrogen (secondary N) is 1. The molecule has 3 aromatic rings. The Kier molecular flexibility index (Phi) is 6.13. The van der Waals surface area contributed by atoms with Gasteiger partial charge in [-0.05, 0) is 42.7 Å². The van der Waals surface area contributed by atoms with Crippen LogP contribution < -0.4 is 10.1 Å². The molecular formula is C18H16ClN3O2S2. The van der Waals surface area contributed by atoms with Crippen molar-refractivity contribution in [2.24, 2.45) is 0 Å². The van der Waals surface area contributed by atoms with Gasteiger partial charge in [0.15, 0.2) is 10.2 Å². The Morgan fingerprint density at radius 2 is 2.15 bits per heavy atom. The summed E-state index contributed by atoms with van der Waals surface area (Å²) in [6.45, 7) is 2.03. The van der Waals surface area contributed by atoms with Crippen LogP contribution in [0.25, 0.3) is 11.4 Å². The van der Waals surface area contributed by atoms with E-state index in [-0.39, 0.29) is 11.7 Å². The van der Waals surface area contributed by atoms with E-state index in [1.54, 1.807) is 25.3 Å². The summed E-state index contributed by atoms with van der Waals surface area (Å²) in [4.78, 5) is 16.7. The van der Waals surface area contributed by atoms with Crippen molar-refractivity contribution in [1.82, 2.24) is 9.36 Å². The van der Waals surface area contributed by atoms with Gasteiger partial charge in [-0.2, -0.15) is 4.37 Å². The first-order chi connectivity index (χ1) is 12.5. The average Bonchev–Trinajstić information content (AvgIpc) is 3.09. The number of hydrogen-bond donors (Lipinski definition) is 1. The molecule has 26 heavy (non-hydrogen) atoms. The predicted molar refractivity (Wildman–Crippen MR) is 107 cm³/mol. The summed E-state index contributed by atoms with van der Waals surface area (Å²) in [5.41, 5.74) is 2.67. The first-order valence-electron chi connectivity index (χ1n) is 7.72. The monoisotopic (exact) mass is 405 g/mol. The Morgan fingerprint density at radius 3 is 2.92 bits per heavy atom. The molecule has 0 spiro atoms. The van der Waals surface area contributed by atoms with Crippen LogP contribution in [-0.2, 0) is 4.79 Å². The summed E-state index contributed by atoms with van der Waals surface area (Å²) in [7, 11) is 1.54. The number of anilines is 1. The van der Waals surface area contributed by atoms with Gasteiger partial charge in [0.1, 0.15) is 5.75 Å². The number of methoxy groups -OCH3 is 1. The van der Waals surface area contributed by atoms with Crippen LogP contribution in [0.15, 0.2) is 46.8 Å². The highest BCUT2D eigenvalue weighted by molar-refractivity contribution is 8.01. The molecule has 0 radical (unpaired) electrons. The van der Waals surface area contributed by atoms with Crippen molar-refractivity contribution in [1.29, 1.82) is 0 Å². The molecule has 0 unspecified atom stereocenters. The molecule has 1 amide bonds. The van der Waals surface area contributed by atoms with Crippen LogP contribution in [0, 0.1) is 6.92 Å². The van der Waals surface area contributed by atoms with Gasteiger partial charge in [-0.25, -0.2) is 4.98 Å². The number of aromatic nitrogens is 2. The van der Waals surface area contributed by atoms with Crippen molar-refractivity contribution < 1.29 is 9.53 Å². The lowest BCUT2D eigenvalue weighted by Gasteiger charge is -2.09. The highest BCUT2D eigenvalue weighted by Gasteiger charge is 2.12. The maximum Gasteiger partial charge on any atom is 0.234 e. The Morgan fingerprint density at radius 1 is 1.31 bits per heavy atom. The number of nitrogens with zero attached hydrogens (tertiary/aromatic N) is 2.